The summed E-state index contributed by atoms with van der Waals surface area (Å²) < 4.78 is 0. The second kappa shape index (κ2) is 3.34. The van der Waals surface area contributed by atoms with Crippen LogP contribution in [-0.2, 0) is 0 Å². The van der Waals surface area contributed by atoms with Crippen LogP contribution in [0.1, 0.15) is 0 Å². The van der Waals surface area contributed by atoms with Gasteiger partial charge in [-0.15, -0.1) is 23.5 Å². The minimum absolute atomic E-state index is 0.722. The van der Waals surface area contributed by atoms with E-state index in [0.717, 1.165) is 16.5 Å². The lowest BCUT2D eigenvalue weighted by Crippen LogP contribution is -2.32. The second-order valence-electron chi connectivity index (χ2n) is 2.55. The molecule has 0 aliphatic carbocycles. The van der Waals surface area contributed by atoms with Crippen LogP contribution in [0.3, 0.4) is 0 Å². The zero-order chi connectivity index (χ0) is 6.81. The molecule has 58 valence electrons. The van der Waals surface area contributed by atoms with Gasteiger partial charge in [0, 0.05) is 30.0 Å². The van der Waals surface area contributed by atoms with Gasteiger partial charge in [0.05, 0.1) is 5.37 Å². The maximum absolute atomic E-state index is 3.50. The Hall–Kier alpha value is 0.620. The predicted octanol–water partition coefficient (Wildman–Crippen LogP) is 0.311. The molecule has 2 unspecified atom stereocenters. The van der Waals surface area contributed by atoms with E-state index in [1.807, 2.05) is 11.8 Å². The van der Waals surface area contributed by atoms with E-state index in [4.69, 9.17) is 0 Å². The third-order valence-electron chi connectivity index (χ3n) is 1.83. The smallest absolute Gasteiger partial charge is 0.0666 e. The van der Waals surface area contributed by atoms with Crippen molar-refractivity contribution in [1.29, 1.82) is 0 Å². The molecule has 2 nitrogen and oxygen atoms in total. The number of hydrogen-bond acceptors (Lipinski definition) is 4. The van der Waals surface area contributed by atoms with Crippen molar-refractivity contribution in [3.63, 3.8) is 0 Å². The van der Waals surface area contributed by atoms with Crippen LogP contribution < -0.4 is 10.6 Å². The Morgan fingerprint density at radius 2 is 2.30 bits per heavy atom. The Labute approximate surface area is 69.9 Å². The van der Waals surface area contributed by atoms with Crippen LogP contribution in [0.2, 0.25) is 0 Å². The van der Waals surface area contributed by atoms with E-state index in [-0.39, 0.29) is 0 Å². The van der Waals surface area contributed by atoms with Crippen molar-refractivity contribution in [1.82, 2.24) is 10.6 Å². The molecular formula is C6H12N2S2. The van der Waals surface area contributed by atoms with Crippen LogP contribution >= 0.6 is 23.5 Å². The topological polar surface area (TPSA) is 24.1 Å². The molecule has 0 bridgehead atoms. The lowest BCUT2D eigenvalue weighted by Gasteiger charge is -2.14. The van der Waals surface area contributed by atoms with Crippen molar-refractivity contribution in [3.8, 4) is 0 Å². The van der Waals surface area contributed by atoms with Crippen molar-refractivity contribution < 1.29 is 0 Å². The van der Waals surface area contributed by atoms with Crippen molar-refractivity contribution in [2.75, 3.05) is 24.7 Å². The lowest BCUT2D eigenvalue weighted by atomic mass is 10.4. The van der Waals surface area contributed by atoms with Crippen LogP contribution in [0.15, 0.2) is 0 Å². The molecule has 0 amide bonds. The van der Waals surface area contributed by atoms with Gasteiger partial charge in [-0.2, -0.15) is 0 Å². The highest BCUT2D eigenvalue weighted by atomic mass is 32.2. The van der Waals surface area contributed by atoms with E-state index in [1.165, 1.54) is 18.8 Å². The van der Waals surface area contributed by atoms with Gasteiger partial charge >= 0.3 is 0 Å². The van der Waals surface area contributed by atoms with Gasteiger partial charge < -0.3 is 10.6 Å². The summed E-state index contributed by atoms with van der Waals surface area (Å²) in [6, 6.07) is 0. The molecule has 0 saturated carbocycles. The average molecular weight is 176 g/mol. The molecule has 10 heavy (non-hydrogen) atoms. The zero-order valence-electron chi connectivity index (χ0n) is 5.80. The number of nitrogens with one attached hydrogen (secondary N) is 2. The fraction of sp³-hybridized carbons (Fsp3) is 1.00. The quantitative estimate of drug-likeness (QED) is 0.600. The molecule has 2 aliphatic heterocycles. The largest absolute Gasteiger partial charge is 0.307 e. The Kier molecular flexibility index (Phi) is 2.43. The molecule has 2 aliphatic rings. The summed E-state index contributed by atoms with van der Waals surface area (Å²) in [7, 11) is 0. The van der Waals surface area contributed by atoms with Crippen LogP contribution in [0.5, 0.6) is 0 Å². The third kappa shape index (κ3) is 1.44. The molecule has 2 heterocycles. The fourth-order valence-electron chi connectivity index (χ4n) is 1.31. The van der Waals surface area contributed by atoms with Crippen LogP contribution in [-0.4, -0.2) is 35.3 Å². The van der Waals surface area contributed by atoms with Gasteiger partial charge in [-0.3, -0.25) is 0 Å². The van der Waals surface area contributed by atoms with Gasteiger partial charge in [0.25, 0.3) is 0 Å². The first-order valence-electron chi connectivity index (χ1n) is 3.64. The van der Waals surface area contributed by atoms with Crippen molar-refractivity contribution in [2.24, 2.45) is 0 Å². The SMILES string of the molecule is C1CSC(C2CNCS2)N1. The normalized spacial score (nSPS) is 40.8. The van der Waals surface area contributed by atoms with Gasteiger partial charge in [-0.1, -0.05) is 0 Å². The van der Waals surface area contributed by atoms with Crippen LogP contribution in [0, 0.1) is 0 Å². The Morgan fingerprint density at radius 3 is 2.90 bits per heavy atom. The number of thioether (sulfide) groups is 2. The minimum Gasteiger partial charge on any atom is -0.307 e. The van der Waals surface area contributed by atoms with Crippen molar-refractivity contribution in [3.05, 3.63) is 0 Å². The number of hydrogen-bond donors (Lipinski definition) is 2. The van der Waals surface area contributed by atoms with Gasteiger partial charge in [0.2, 0.25) is 0 Å². The summed E-state index contributed by atoms with van der Waals surface area (Å²) in [4.78, 5) is 0. The molecule has 0 aromatic carbocycles. The van der Waals surface area contributed by atoms with E-state index in [1.54, 1.807) is 0 Å². The van der Waals surface area contributed by atoms with E-state index in [2.05, 4.69) is 22.4 Å². The molecule has 2 fully saturated rings. The Bertz CT molecular complexity index is 94.3. The first-order chi connectivity index (χ1) is 4.97. The van der Waals surface area contributed by atoms with Gasteiger partial charge in [-0.05, 0) is 0 Å². The summed E-state index contributed by atoms with van der Waals surface area (Å²) in [5.41, 5.74) is 0. The van der Waals surface area contributed by atoms with E-state index in [0.29, 0.717) is 0 Å². The van der Waals surface area contributed by atoms with E-state index < -0.39 is 0 Å². The summed E-state index contributed by atoms with van der Waals surface area (Å²) >= 11 is 4.11. The standard InChI is InChI=1S/C6H12N2S2/c1-2-9-6(8-1)5-3-7-4-10-5/h5-8H,1-4H2. The van der Waals surface area contributed by atoms with Crippen LogP contribution in [0.25, 0.3) is 0 Å². The lowest BCUT2D eigenvalue weighted by molar-refractivity contribution is 0.659. The maximum Gasteiger partial charge on any atom is 0.0666 e. The van der Waals surface area contributed by atoms with Gasteiger partial charge in [0.1, 0.15) is 0 Å². The molecule has 0 aromatic heterocycles. The molecule has 4 heteroatoms. The van der Waals surface area contributed by atoms with E-state index >= 15 is 0 Å². The summed E-state index contributed by atoms with van der Waals surface area (Å²) in [6.07, 6.45) is 0. The summed E-state index contributed by atoms with van der Waals surface area (Å²) in [6.45, 7) is 2.39. The van der Waals surface area contributed by atoms with E-state index in [9.17, 15) is 0 Å². The highest BCUT2D eigenvalue weighted by molar-refractivity contribution is 8.04. The first kappa shape index (κ1) is 7.28. The Balaban J connectivity index is 1.85. The molecule has 0 spiro atoms. The zero-order valence-corrected chi connectivity index (χ0v) is 7.43. The van der Waals surface area contributed by atoms with Crippen molar-refractivity contribution >= 4 is 23.5 Å². The molecule has 2 saturated heterocycles. The average Bonchev–Trinajstić information content (AvgIpc) is 2.59. The highest BCUT2D eigenvalue weighted by Crippen LogP contribution is 2.27. The summed E-state index contributed by atoms with van der Waals surface area (Å²) in [5.74, 6) is 2.44. The molecule has 2 rings (SSSR count). The first-order valence-corrected chi connectivity index (χ1v) is 5.74. The molecule has 2 atom stereocenters. The predicted molar refractivity (Wildman–Crippen MR) is 48.5 cm³/mol. The second-order valence-corrected chi connectivity index (χ2v) is 5.03. The summed E-state index contributed by atoms with van der Waals surface area (Å²) in [5, 5.41) is 8.39. The fourth-order valence-corrected chi connectivity index (χ4v) is 3.77. The Morgan fingerprint density at radius 1 is 1.30 bits per heavy atom. The molecular weight excluding hydrogens is 164 g/mol. The monoisotopic (exact) mass is 176 g/mol. The van der Waals surface area contributed by atoms with Crippen molar-refractivity contribution in [2.45, 2.75) is 10.6 Å². The highest BCUT2D eigenvalue weighted by Gasteiger charge is 2.27. The van der Waals surface area contributed by atoms with Gasteiger partial charge in [0.15, 0.2) is 0 Å². The van der Waals surface area contributed by atoms with Gasteiger partial charge in [-0.25, -0.2) is 0 Å². The maximum atomic E-state index is 3.50. The molecule has 2 N–H and O–H groups in total. The minimum atomic E-state index is 0.722. The van der Waals surface area contributed by atoms with Crippen LogP contribution in [0.4, 0.5) is 0 Å². The number of rotatable bonds is 1. The third-order valence-corrected chi connectivity index (χ3v) is 4.53. The molecule has 0 radical (unpaired) electrons. The molecule has 0 aromatic rings.